The maximum absolute atomic E-state index is 11.3. The van der Waals surface area contributed by atoms with Gasteiger partial charge in [0.25, 0.3) is 0 Å². The summed E-state index contributed by atoms with van der Waals surface area (Å²) in [6.07, 6.45) is 3.46. The van der Waals surface area contributed by atoms with Crippen LogP contribution in [0.3, 0.4) is 0 Å². The summed E-state index contributed by atoms with van der Waals surface area (Å²) >= 11 is 0. The second kappa shape index (κ2) is 10.5. The molecule has 4 heteroatoms. The van der Waals surface area contributed by atoms with Gasteiger partial charge in [0.15, 0.2) is 0 Å². The summed E-state index contributed by atoms with van der Waals surface area (Å²) in [6.45, 7) is 10.1. The van der Waals surface area contributed by atoms with E-state index in [0.717, 1.165) is 32.4 Å². The van der Waals surface area contributed by atoms with Gasteiger partial charge in [0, 0.05) is 12.6 Å². The molecule has 0 fully saturated rings. The van der Waals surface area contributed by atoms with Crippen LogP contribution >= 0.6 is 0 Å². The zero-order valence-electron chi connectivity index (χ0n) is 11.7. The molecule has 0 atom stereocenters. The van der Waals surface area contributed by atoms with Crippen molar-refractivity contribution in [2.45, 2.75) is 59.1 Å². The fourth-order valence-corrected chi connectivity index (χ4v) is 1.34. The maximum atomic E-state index is 11.3. The van der Waals surface area contributed by atoms with Crippen LogP contribution in [-0.4, -0.2) is 37.7 Å². The standard InChI is InChI=1S/C13H28N2O2/c1-11(2)14-8-6-5-7-9-15-13(16)10-17-12(3)4/h11-12,14H,5-10H2,1-4H3,(H,15,16). The molecule has 0 unspecified atom stereocenters. The predicted octanol–water partition coefficient (Wildman–Crippen LogP) is 1.70. The summed E-state index contributed by atoms with van der Waals surface area (Å²) in [6, 6.07) is 0.558. The molecule has 0 aliphatic heterocycles. The molecule has 0 rings (SSSR count). The molecule has 17 heavy (non-hydrogen) atoms. The molecule has 0 aromatic heterocycles. The molecule has 0 aliphatic carbocycles. The minimum Gasteiger partial charge on any atom is -0.369 e. The van der Waals surface area contributed by atoms with Gasteiger partial charge in [0.1, 0.15) is 6.61 Å². The van der Waals surface area contributed by atoms with E-state index < -0.39 is 0 Å². The van der Waals surface area contributed by atoms with Crippen molar-refractivity contribution in [3.05, 3.63) is 0 Å². The van der Waals surface area contributed by atoms with E-state index in [1.807, 2.05) is 13.8 Å². The van der Waals surface area contributed by atoms with Gasteiger partial charge in [-0.3, -0.25) is 4.79 Å². The molecule has 0 aromatic rings. The summed E-state index contributed by atoms with van der Waals surface area (Å²) in [5.74, 6) is -0.0148. The Hall–Kier alpha value is -0.610. The molecule has 0 saturated heterocycles. The van der Waals surface area contributed by atoms with Crippen LogP contribution < -0.4 is 10.6 Å². The number of ether oxygens (including phenoxy) is 1. The lowest BCUT2D eigenvalue weighted by Crippen LogP contribution is -2.29. The molecular formula is C13H28N2O2. The zero-order valence-corrected chi connectivity index (χ0v) is 11.7. The zero-order chi connectivity index (χ0) is 13.1. The van der Waals surface area contributed by atoms with Gasteiger partial charge < -0.3 is 15.4 Å². The number of rotatable bonds is 10. The lowest BCUT2D eigenvalue weighted by molar-refractivity contribution is -0.127. The van der Waals surface area contributed by atoms with Gasteiger partial charge in [0.05, 0.1) is 6.10 Å². The van der Waals surface area contributed by atoms with E-state index in [1.54, 1.807) is 0 Å². The van der Waals surface area contributed by atoms with E-state index in [0.29, 0.717) is 6.04 Å². The third-order valence-electron chi connectivity index (χ3n) is 2.28. The SMILES string of the molecule is CC(C)NCCCCCNC(=O)COC(C)C. The molecule has 4 nitrogen and oxygen atoms in total. The van der Waals surface area contributed by atoms with Crippen molar-refractivity contribution in [2.24, 2.45) is 0 Å². The topological polar surface area (TPSA) is 50.4 Å². The fourth-order valence-electron chi connectivity index (χ4n) is 1.34. The monoisotopic (exact) mass is 244 g/mol. The summed E-state index contributed by atoms with van der Waals surface area (Å²) in [7, 11) is 0. The molecule has 0 aliphatic rings. The number of carbonyl (C=O) groups excluding carboxylic acids is 1. The highest BCUT2D eigenvalue weighted by atomic mass is 16.5. The lowest BCUT2D eigenvalue weighted by Gasteiger charge is -2.09. The highest BCUT2D eigenvalue weighted by Gasteiger charge is 2.01. The number of nitrogens with one attached hydrogen (secondary N) is 2. The number of hydrogen-bond acceptors (Lipinski definition) is 3. The van der Waals surface area contributed by atoms with Gasteiger partial charge in [-0.1, -0.05) is 20.3 Å². The van der Waals surface area contributed by atoms with Gasteiger partial charge in [-0.2, -0.15) is 0 Å². The van der Waals surface area contributed by atoms with Gasteiger partial charge in [-0.05, 0) is 33.2 Å². The largest absolute Gasteiger partial charge is 0.369 e. The van der Waals surface area contributed by atoms with Gasteiger partial charge in [-0.15, -0.1) is 0 Å². The molecular weight excluding hydrogens is 216 g/mol. The van der Waals surface area contributed by atoms with E-state index in [1.165, 1.54) is 0 Å². The van der Waals surface area contributed by atoms with Crippen molar-refractivity contribution in [1.29, 1.82) is 0 Å². The van der Waals surface area contributed by atoms with E-state index in [-0.39, 0.29) is 18.6 Å². The van der Waals surface area contributed by atoms with Gasteiger partial charge in [0.2, 0.25) is 5.91 Å². The fraction of sp³-hybridized carbons (Fsp3) is 0.923. The Morgan fingerprint density at radius 2 is 1.71 bits per heavy atom. The quantitative estimate of drug-likeness (QED) is 0.575. The Morgan fingerprint density at radius 3 is 2.29 bits per heavy atom. The molecule has 0 spiro atoms. The van der Waals surface area contributed by atoms with Crippen molar-refractivity contribution in [3.63, 3.8) is 0 Å². The summed E-state index contributed by atoms with van der Waals surface area (Å²) in [5, 5.41) is 6.22. The van der Waals surface area contributed by atoms with Crippen molar-refractivity contribution in [2.75, 3.05) is 19.7 Å². The molecule has 0 aromatic carbocycles. The highest BCUT2D eigenvalue weighted by molar-refractivity contribution is 5.77. The van der Waals surface area contributed by atoms with Crippen LogP contribution in [0, 0.1) is 0 Å². The van der Waals surface area contributed by atoms with Crippen molar-refractivity contribution < 1.29 is 9.53 Å². The van der Waals surface area contributed by atoms with Crippen LogP contribution in [0.5, 0.6) is 0 Å². The highest BCUT2D eigenvalue weighted by Crippen LogP contribution is 1.93. The van der Waals surface area contributed by atoms with Crippen molar-refractivity contribution >= 4 is 5.91 Å². The summed E-state index contributed by atoms with van der Waals surface area (Å²) in [5.41, 5.74) is 0. The lowest BCUT2D eigenvalue weighted by atomic mass is 10.2. The van der Waals surface area contributed by atoms with Crippen LogP contribution in [0.1, 0.15) is 47.0 Å². The Labute approximate surface area is 105 Å². The molecule has 2 N–H and O–H groups in total. The van der Waals surface area contributed by atoms with Crippen LogP contribution in [0.2, 0.25) is 0 Å². The van der Waals surface area contributed by atoms with Crippen LogP contribution in [0.4, 0.5) is 0 Å². The van der Waals surface area contributed by atoms with Crippen LogP contribution in [0.25, 0.3) is 0 Å². The molecule has 0 heterocycles. The minimum atomic E-state index is -0.0148. The van der Waals surface area contributed by atoms with Gasteiger partial charge >= 0.3 is 0 Å². The number of hydrogen-bond donors (Lipinski definition) is 2. The Balaban J connectivity index is 3.19. The Bertz CT molecular complexity index is 194. The predicted molar refractivity (Wildman–Crippen MR) is 71.1 cm³/mol. The minimum absolute atomic E-state index is 0.0148. The Kier molecular flexibility index (Phi) is 10.2. The summed E-state index contributed by atoms with van der Waals surface area (Å²) in [4.78, 5) is 11.3. The molecule has 0 saturated carbocycles. The average molecular weight is 244 g/mol. The van der Waals surface area contributed by atoms with Crippen LogP contribution in [-0.2, 0) is 9.53 Å². The third kappa shape index (κ3) is 13.3. The number of amides is 1. The smallest absolute Gasteiger partial charge is 0.246 e. The first-order valence-corrected chi connectivity index (χ1v) is 6.64. The summed E-state index contributed by atoms with van der Waals surface area (Å²) < 4.78 is 5.20. The average Bonchev–Trinajstić information content (AvgIpc) is 2.24. The normalized spacial score (nSPS) is 11.2. The number of carbonyl (C=O) groups is 1. The van der Waals surface area contributed by atoms with E-state index in [4.69, 9.17) is 4.74 Å². The van der Waals surface area contributed by atoms with Crippen molar-refractivity contribution in [1.82, 2.24) is 10.6 Å². The van der Waals surface area contributed by atoms with Crippen molar-refractivity contribution in [3.8, 4) is 0 Å². The first-order valence-electron chi connectivity index (χ1n) is 6.64. The molecule has 102 valence electrons. The van der Waals surface area contributed by atoms with E-state index in [9.17, 15) is 4.79 Å². The Morgan fingerprint density at radius 1 is 1.06 bits per heavy atom. The first kappa shape index (κ1) is 16.4. The molecule has 0 radical (unpaired) electrons. The van der Waals surface area contributed by atoms with E-state index >= 15 is 0 Å². The second-order valence-electron chi connectivity index (χ2n) is 4.88. The second-order valence-corrected chi connectivity index (χ2v) is 4.88. The third-order valence-corrected chi connectivity index (χ3v) is 2.28. The molecule has 0 bridgehead atoms. The van der Waals surface area contributed by atoms with Gasteiger partial charge in [-0.25, -0.2) is 0 Å². The van der Waals surface area contributed by atoms with Crippen LogP contribution in [0.15, 0.2) is 0 Å². The number of unbranched alkanes of at least 4 members (excludes halogenated alkanes) is 2. The first-order chi connectivity index (χ1) is 8.02. The van der Waals surface area contributed by atoms with E-state index in [2.05, 4.69) is 24.5 Å². The molecule has 1 amide bonds. The maximum Gasteiger partial charge on any atom is 0.246 e.